The zero-order chi connectivity index (χ0) is 18.7. The highest BCUT2D eigenvalue weighted by atomic mass is 35.5. The van der Waals surface area contributed by atoms with Crippen LogP contribution in [-0.4, -0.2) is 61.2 Å². The van der Waals surface area contributed by atoms with Crippen LogP contribution < -0.4 is 10.2 Å². The molecule has 4 rings (SSSR count). The zero-order valence-corrected chi connectivity index (χ0v) is 16.8. The van der Waals surface area contributed by atoms with Gasteiger partial charge in [0.15, 0.2) is 0 Å². The predicted octanol–water partition coefficient (Wildman–Crippen LogP) is 2.94. The molecule has 2 saturated heterocycles. The van der Waals surface area contributed by atoms with E-state index in [1.807, 2.05) is 18.3 Å². The fraction of sp³-hybridized carbons (Fsp3) is 0.524. The number of halogens is 1. The third kappa shape index (κ3) is 3.82. The molecule has 5 nitrogen and oxygen atoms in total. The van der Waals surface area contributed by atoms with Gasteiger partial charge in [-0.15, -0.1) is 0 Å². The summed E-state index contributed by atoms with van der Waals surface area (Å²) in [5.41, 5.74) is 2.14. The van der Waals surface area contributed by atoms with E-state index in [9.17, 15) is 0 Å². The second-order valence-corrected chi connectivity index (χ2v) is 8.10. The molecule has 0 unspecified atom stereocenters. The normalized spacial score (nSPS) is 21.0. The van der Waals surface area contributed by atoms with Crippen molar-refractivity contribution < 1.29 is 0 Å². The minimum absolute atomic E-state index is 0.149. The van der Waals surface area contributed by atoms with Crippen molar-refractivity contribution in [2.45, 2.75) is 24.7 Å². The Morgan fingerprint density at radius 1 is 1.04 bits per heavy atom. The van der Waals surface area contributed by atoms with Crippen molar-refractivity contribution in [3.63, 3.8) is 0 Å². The van der Waals surface area contributed by atoms with Gasteiger partial charge in [0.05, 0.1) is 5.69 Å². The molecule has 27 heavy (non-hydrogen) atoms. The summed E-state index contributed by atoms with van der Waals surface area (Å²) in [6, 6.07) is 10.3. The first-order chi connectivity index (χ1) is 13.2. The molecule has 2 fully saturated rings. The first-order valence-electron chi connectivity index (χ1n) is 9.92. The molecular weight excluding hydrogens is 358 g/mol. The molecule has 1 N–H and O–H groups in total. The Hall–Kier alpha value is -1.69. The molecule has 0 spiro atoms. The standard InChI is InChI=1S/C21H28ClN5/c1-26-13-4-14-27(16-15-26)20-24-10-7-19(25-20)21(8-11-23-12-9-21)17-5-2-3-6-18(17)22/h2-3,5-7,10,23H,4,8-9,11-16H2,1H3. The van der Waals surface area contributed by atoms with Gasteiger partial charge in [0, 0.05) is 36.3 Å². The summed E-state index contributed by atoms with van der Waals surface area (Å²) in [6.07, 6.45) is 5.06. The predicted molar refractivity (Wildman–Crippen MR) is 111 cm³/mol. The Labute approximate surface area is 166 Å². The molecule has 0 atom stereocenters. The van der Waals surface area contributed by atoms with Gasteiger partial charge in [-0.25, -0.2) is 9.97 Å². The van der Waals surface area contributed by atoms with Crippen LogP contribution in [0.25, 0.3) is 0 Å². The van der Waals surface area contributed by atoms with Gasteiger partial charge in [-0.1, -0.05) is 29.8 Å². The highest BCUT2D eigenvalue weighted by Crippen LogP contribution is 2.42. The van der Waals surface area contributed by atoms with Gasteiger partial charge in [0.2, 0.25) is 5.95 Å². The van der Waals surface area contributed by atoms with Crippen molar-refractivity contribution in [1.29, 1.82) is 0 Å². The van der Waals surface area contributed by atoms with Crippen molar-refractivity contribution in [1.82, 2.24) is 20.2 Å². The Kier molecular flexibility index (Phi) is 5.62. The molecule has 0 bridgehead atoms. The number of likely N-dealkylation sites (N-methyl/N-ethyl adjacent to an activating group) is 1. The third-order valence-electron chi connectivity index (χ3n) is 5.98. The van der Waals surface area contributed by atoms with Crippen molar-refractivity contribution in [3.8, 4) is 0 Å². The Bertz CT molecular complexity index is 775. The molecule has 6 heteroatoms. The van der Waals surface area contributed by atoms with E-state index in [2.05, 4.69) is 45.3 Å². The highest BCUT2D eigenvalue weighted by Gasteiger charge is 2.39. The molecule has 2 aromatic rings. The van der Waals surface area contributed by atoms with Crippen LogP contribution in [0, 0.1) is 0 Å². The van der Waals surface area contributed by atoms with Crippen LogP contribution in [-0.2, 0) is 5.41 Å². The SMILES string of the molecule is CN1CCCN(c2nccc(C3(c4ccccc4Cl)CCNCC3)n2)CC1. The maximum absolute atomic E-state index is 6.64. The van der Waals surface area contributed by atoms with Crippen LogP contribution in [0.5, 0.6) is 0 Å². The summed E-state index contributed by atoms with van der Waals surface area (Å²) in [7, 11) is 2.18. The number of hydrogen-bond donors (Lipinski definition) is 1. The lowest BCUT2D eigenvalue weighted by atomic mass is 9.70. The minimum Gasteiger partial charge on any atom is -0.339 e. The van der Waals surface area contributed by atoms with E-state index in [0.29, 0.717) is 0 Å². The zero-order valence-electron chi connectivity index (χ0n) is 16.0. The molecule has 0 amide bonds. The van der Waals surface area contributed by atoms with Crippen LogP contribution in [0.3, 0.4) is 0 Å². The number of piperidine rings is 1. The fourth-order valence-electron chi connectivity index (χ4n) is 4.38. The first kappa shape index (κ1) is 18.7. The number of anilines is 1. The molecule has 2 aliphatic rings. The molecule has 144 valence electrons. The smallest absolute Gasteiger partial charge is 0.225 e. The topological polar surface area (TPSA) is 44.3 Å². The number of aromatic nitrogens is 2. The lowest BCUT2D eigenvalue weighted by Gasteiger charge is -2.38. The van der Waals surface area contributed by atoms with Crippen LogP contribution in [0.4, 0.5) is 5.95 Å². The van der Waals surface area contributed by atoms with Crippen molar-refractivity contribution in [2.75, 3.05) is 51.2 Å². The van der Waals surface area contributed by atoms with Gasteiger partial charge in [0.1, 0.15) is 0 Å². The van der Waals surface area contributed by atoms with Crippen LogP contribution in [0.15, 0.2) is 36.5 Å². The second kappa shape index (κ2) is 8.13. The first-order valence-corrected chi connectivity index (χ1v) is 10.3. The van der Waals surface area contributed by atoms with E-state index in [-0.39, 0.29) is 5.41 Å². The van der Waals surface area contributed by atoms with E-state index in [1.54, 1.807) is 0 Å². The van der Waals surface area contributed by atoms with Gasteiger partial charge in [-0.3, -0.25) is 0 Å². The summed E-state index contributed by atoms with van der Waals surface area (Å²) >= 11 is 6.64. The lowest BCUT2D eigenvalue weighted by molar-refractivity contribution is 0.353. The molecule has 3 heterocycles. The van der Waals surface area contributed by atoms with Gasteiger partial charge < -0.3 is 15.1 Å². The summed E-state index contributed by atoms with van der Waals surface area (Å²) in [6.45, 7) is 6.10. The van der Waals surface area contributed by atoms with Crippen molar-refractivity contribution in [2.24, 2.45) is 0 Å². The van der Waals surface area contributed by atoms with Crippen molar-refractivity contribution in [3.05, 3.63) is 52.8 Å². The van der Waals surface area contributed by atoms with Crippen LogP contribution >= 0.6 is 11.6 Å². The molecular formula is C21H28ClN5. The number of nitrogens with zero attached hydrogens (tertiary/aromatic N) is 4. The Balaban J connectivity index is 1.72. The van der Waals surface area contributed by atoms with E-state index >= 15 is 0 Å². The summed E-state index contributed by atoms with van der Waals surface area (Å²) in [4.78, 5) is 14.4. The van der Waals surface area contributed by atoms with E-state index in [1.165, 1.54) is 5.56 Å². The monoisotopic (exact) mass is 385 g/mol. The summed E-state index contributed by atoms with van der Waals surface area (Å²) in [5, 5.41) is 4.32. The Morgan fingerprint density at radius 3 is 2.67 bits per heavy atom. The molecule has 0 radical (unpaired) electrons. The molecule has 0 aliphatic carbocycles. The molecule has 1 aromatic carbocycles. The largest absolute Gasteiger partial charge is 0.339 e. The average Bonchev–Trinajstić information content (AvgIpc) is 2.93. The number of rotatable bonds is 3. The van der Waals surface area contributed by atoms with E-state index in [4.69, 9.17) is 16.6 Å². The quantitative estimate of drug-likeness (QED) is 0.880. The third-order valence-corrected chi connectivity index (χ3v) is 6.31. The lowest BCUT2D eigenvalue weighted by Crippen LogP contribution is -2.42. The maximum Gasteiger partial charge on any atom is 0.225 e. The van der Waals surface area contributed by atoms with Crippen LogP contribution in [0.2, 0.25) is 5.02 Å². The van der Waals surface area contributed by atoms with Gasteiger partial charge >= 0.3 is 0 Å². The summed E-state index contributed by atoms with van der Waals surface area (Å²) in [5.74, 6) is 0.854. The van der Waals surface area contributed by atoms with Gasteiger partial charge in [0.25, 0.3) is 0 Å². The minimum atomic E-state index is -0.149. The average molecular weight is 386 g/mol. The maximum atomic E-state index is 6.64. The number of benzene rings is 1. The van der Waals surface area contributed by atoms with Gasteiger partial charge in [-0.2, -0.15) is 0 Å². The molecule has 0 saturated carbocycles. The van der Waals surface area contributed by atoms with E-state index in [0.717, 1.165) is 75.2 Å². The van der Waals surface area contributed by atoms with Gasteiger partial charge in [-0.05, 0) is 63.6 Å². The molecule has 1 aromatic heterocycles. The number of hydrogen-bond acceptors (Lipinski definition) is 5. The summed E-state index contributed by atoms with van der Waals surface area (Å²) < 4.78 is 0. The molecule has 2 aliphatic heterocycles. The van der Waals surface area contributed by atoms with Crippen molar-refractivity contribution >= 4 is 17.5 Å². The Morgan fingerprint density at radius 2 is 1.85 bits per heavy atom. The number of nitrogens with one attached hydrogen (secondary N) is 1. The highest BCUT2D eigenvalue weighted by molar-refractivity contribution is 6.31. The van der Waals surface area contributed by atoms with E-state index < -0.39 is 0 Å². The van der Waals surface area contributed by atoms with Crippen LogP contribution in [0.1, 0.15) is 30.5 Å². The fourth-order valence-corrected chi connectivity index (χ4v) is 4.70. The second-order valence-electron chi connectivity index (χ2n) is 7.70.